The van der Waals surface area contributed by atoms with Gasteiger partial charge in [0.05, 0.1) is 0 Å². The topological polar surface area (TPSA) is 78.9 Å². The smallest absolute Gasteiger partial charge is 0.306 e. The van der Waals surface area contributed by atoms with Crippen LogP contribution in [-0.2, 0) is 28.6 Å². The maximum Gasteiger partial charge on any atom is 0.306 e. The van der Waals surface area contributed by atoms with Crippen LogP contribution in [-0.4, -0.2) is 37.2 Å². The Labute approximate surface area is 500 Å². The molecule has 0 spiro atoms. The Morgan fingerprint density at radius 1 is 0.259 bits per heavy atom. The van der Waals surface area contributed by atoms with Gasteiger partial charge in [0.15, 0.2) is 6.10 Å². The van der Waals surface area contributed by atoms with Crippen LogP contribution < -0.4 is 0 Å². The Morgan fingerprint density at radius 3 is 0.790 bits per heavy atom. The van der Waals surface area contributed by atoms with Gasteiger partial charge in [-0.3, -0.25) is 14.4 Å². The van der Waals surface area contributed by atoms with E-state index in [1.165, 1.54) is 128 Å². The minimum atomic E-state index is -0.801. The Balaban J connectivity index is 4.43. The second-order valence-corrected chi connectivity index (χ2v) is 22.0. The summed E-state index contributed by atoms with van der Waals surface area (Å²) in [5.41, 5.74) is 0. The van der Waals surface area contributed by atoms with Gasteiger partial charge in [0.25, 0.3) is 0 Å². The Kier molecular flexibility index (Phi) is 64.3. The van der Waals surface area contributed by atoms with Gasteiger partial charge in [-0.2, -0.15) is 0 Å². The van der Waals surface area contributed by atoms with E-state index in [-0.39, 0.29) is 31.1 Å². The zero-order valence-electron chi connectivity index (χ0n) is 52.8. The Morgan fingerprint density at radius 2 is 0.481 bits per heavy atom. The van der Waals surface area contributed by atoms with Crippen molar-refractivity contribution < 1.29 is 28.6 Å². The lowest BCUT2D eigenvalue weighted by Crippen LogP contribution is -2.30. The Bertz CT molecular complexity index is 1720. The second kappa shape index (κ2) is 68.1. The van der Waals surface area contributed by atoms with E-state index in [2.05, 4.69) is 154 Å². The van der Waals surface area contributed by atoms with E-state index >= 15 is 0 Å². The molecule has 0 aromatic heterocycles. The average Bonchev–Trinajstić information content (AvgIpc) is 3.47. The summed E-state index contributed by atoms with van der Waals surface area (Å²) in [7, 11) is 0. The van der Waals surface area contributed by atoms with Gasteiger partial charge in [0.1, 0.15) is 13.2 Å². The molecule has 0 heterocycles. The first-order chi connectivity index (χ1) is 40.0. The van der Waals surface area contributed by atoms with Gasteiger partial charge in [0.2, 0.25) is 0 Å². The summed E-state index contributed by atoms with van der Waals surface area (Å²) in [5, 5.41) is 0. The van der Waals surface area contributed by atoms with Crippen molar-refractivity contribution in [2.24, 2.45) is 0 Å². The third-order valence-electron chi connectivity index (χ3n) is 14.1. The van der Waals surface area contributed by atoms with Crippen LogP contribution in [0, 0.1) is 0 Å². The van der Waals surface area contributed by atoms with Crippen LogP contribution in [0.1, 0.15) is 303 Å². The van der Waals surface area contributed by atoms with Crippen LogP contribution >= 0.6 is 0 Å². The Hall–Kier alpha value is -4.45. The average molecular weight is 1120 g/mol. The quantitative estimate of drug-likeness (QED) is 0.0261. The third kappa shape index (κ3) is 66.2. The maximum atomic E-state index is 12.9. The van der Waals surface area contributed by atoms with Crippen LogP contribution in [0.2, 0.25) is 0 Å². The monoisotopic (exact) mass is 1120 g/mol. The molecule has 0 bridgehead atoms. The van der Waals surface area contributed by atoms with Gasteiger partial charge in [-0.15, -0.1) is 0 Å². The van der Waals surface area contributed by atoms with E-state index in [9.17, 15) is 14.4 Å². The first-order valence-corrected chi connectivity index (χ1v) is 33.7. The SMILES string of the molecule is CC/C=C\C/C=C\C/C=C\C/C=C\C/C=C\C/C=C\C/C=C\C/C=C\CCCCCCC(=O)OCC(COC(=O)CCCCCCCCC/C=C\CCCCCCCC)OC(=O)CCCCCCCCC/C=C\C/C=C\CCCCC. The highest BCUT2D eigenvalue weighted by Crippen LogP contribution is 2.15. The third-order valence-corrected chi connectivity index (χ3v) is 14.1. The molecule has 0 aromatic carbocycles. The number of carbonyl (C=O) groups excluding carboxylic acids is 3. The number of hydrogen-bond donors (Lipinski definition) is 0. The van der Waals surface area contributed by atoms with Gasteiger partial charge in [-0.25, -0.2) is 0 Å². The highest BCUT2D eigenvalue weighted by molar-refractivity contribution is 5.71. The number of esters is 3. The summed E-state index contributed by atoms with van der Waals surface area (Å²) in [4.78, 5) is 38.4. The number of carbonyl (C=O) groups is 3. The number of allylic oxidation sites excluding steroid dienone is 22. The van der Waals surface area contributed by atoms with Crippen molar-refractivity contribution in [2.75, 3.05) is 13.2 Å². The first kappa shape index (κ1) is 76.5. The molecule has 0 aliphatic rings. The predicted molar refractivity (Wildman–Crippen MR) is 353 cm³/mol. The normalized spacial score (nSPS) is 13.0. The molecule has 0 radical (unpaired) electrons. The van der Waals surface area contributed by atoms with Gasteiger partial charge in [-0.1, -0.05) is 276 Å². The van der Waals surface area contributed by atoms with Crippen molar-refractivity contribution in [3.8, 4) is 0 Å². The fourth-order valence-electron chi connectivity index (χ4n) is 9.07. The molecule has 81 heavy (non-hydrogen) atoms. The summed E-state index contributed by atoms with van der Waals surface area (Å²) in [5.74, 6) is -0.927. The van der Waals surface area contributed by atoms with E-state index in [4.69, 9.17) is 14.2 Å². The number of hydrogen-bond acceptors (Lipinski definition) is 6. The molecule has 0 rings (SSSR count). The molecule has 1 unspecified atom stereocenters. The fourth-order valence-corrected chi connectivity index (χ4v) is 9.07. The van der Waals surface area contributed by atoms with Crippen molar-refractivity contribution in [1.82, 2.24) is 0 Å². The van der Waals surface area contributed by atoms with Crippen LogP contribution in [0.3, 0.4) is 0 Å². The molecule has 0 fully saturated rings. The van der Waals surface area contributed by atoms with Crippen LogP contribution in [0.5, 0.6) is 0 Å². The van der Waals surface area contributed by atoms with E-state index < -0.39 is 6.10 Å². The number of unbranched alkanes of at least 4 members (excludes halogenated alkanes) is 27. The second-order valence-electron chi connectivity index (χ2n) is 22.0. The maximum absolute atomic E-state index is 12.9. The minimum Gasteiger partial charge on any atom is -0.462 e. The van der Waals surface area contributed by atoms with Gasteiger partial charge in [-0.05, 0) is 141 Å². The first-order valence-electron chi connectivity index (χ1n) is 33.7. The summed E-state index contributed by atoms with van der Waals surface area (Å²) in [6.45, 7) is 6.48. The van der Waals surface area contributed by atoms with Crippen LogP contribution in [0.15, 0.2) is 134 Å². The highest BCUT2D eigenvalue weighted by Gasteiger charge is 2.19. The van der Waals surface area contributed by atoms with Gasteiger partial charge >= 0.3 is 17.9 Å². The summed E-state index contributed by atoms with van der Waals surface area (Å²) < 4.78 is 16.9. The molecule has 6 nitrogen and oxygen atoms in total. The van der Waals surface area contributed by atoms with Crippen LogP contribution in [0.4, 0.5) is 0 Å². The molecule has 0 aliphatic carbocycles. The van der Waals surface area contributed by atoms with Crippen LogP contribution in [0.25, 0.3) is 0 Å². The molecule has 0 N–H and O–H groups in total. The molecular formula is C75H124O6. The molecular weight excluding hydrogens is 997 g/mol. The zero-order valence-corrected chi connectivity index (χ0v) is 52.8. The summed E-state index contributed by atoms with van der Waals surface area (Å²) >= 11 is 0. The van der Waals surface area contributed by atoms with E-state index in [1.807, 2.05) is 0 Å². The molecule has 0 saturated heterocycles. The van der Waals surface area contributed by atoms with E-state index in [0.29, 0.717) is 19.3 Å². The molecule has 460 valence electrons. The molecule has 1 atom stereocenters. The lowest BCUT2D eigenvalue weighted by atomic mass is 10.1. The highest BCUT2D eigenvalue weighted by atomic mass is 16.6. The molecule has 0 aliphatic heterocycles. The molecule has 0 amide bonds. The molecule has 0 saturated carbocycles. The summed E-state index contributed by atoms with van der Waals surface area (Å²) in [6.07, 6.45) is 96.0. The van der Waals surface area contributed by atoms with E-state index in [0.717, 1.165) is 135 Å². The van der Waals surface area contributed by atoms with Gasteiger partial charge < -0.3 is 14.2 Å². The van der Waals surface area contributed by atoms with Crippen molar-refractivity contribution in [3.05, 3.63) is 134 Å². The molecule has 6 heteroatoms. The van der Waals surface area contributed by atoms with Crippen molar-refractivity contribution in [3.63, 3.8) is 0 Å². The fraction of sp³-hybridized carbons (Fsp3) is 0.667. The lowest BCUT2D eigenvalue weighted by Gasteiger charge is -2.18. The standard InChI is InChI=1S/C75H124O6/c1-4-7-10-13-16-19-22-25-28-31-32-33-34-35-36-37-38-39-40-41-42-45-47-50-53-56-59-62-65-68-74(77)80-71-72(81-75(78)69-66-63-60-57-54-51-48-44-30-27-24-21-18-15-12-9-6-3)70-79-73(76)67-64-61-58-55-52-49-46-43-29-26-23-20-17-14-11-8-5-2/h7,10,16,18-19,21,25-30,32-33,35-36,38-39,41-42,47,50,72H,4-6,8-9,11-15,17,20,22-24,31,34,37,40,43-46,48-49,51-71H2,1-3H3/b10-7-,19-16-,21-18-,28-25-,29-26-,30-27-,33-32-,36-35-,39-38-,42-41-,50-47-. The molecule has 0 aromatic rings. The van der Waals surface area contributed by atoms with Crippen molar-refractivity contribution in [1.29, 1.82) is 0 Å². The number of ether oxygens (including phenoxy) is 3. The van der Waals surface area contributed by atoms with E-state index in [1.54, 1.807) is 0 Å². The lowest BCUT2D eigenvalue weighted by molar-refractivity contribution is -0.167. The minimum absolute atomic E-state index is 0.0943. The zero-order chi connectivity index (χ0) is 58.5. The van der Waals surface area contributed by atoms with Crippen molar-refractivity contribution in [2.45, 2.75) is 309 Å². The summed E-state index contributed by atoms with van der Waals surface area (Å²) in [6, 6.07) is 0. The number of rotatable bonds is 60. The predicted octanol–water partition coefficient (Wildman–Crippen LogP) is 23.3. The largest absolute Gasteiger partial charge is 0.462 e. The van der Waals surface area contributed by atoms with Gasteiger partial charge in [0, 0.05) is 19.3 Å². The van der Waals surface area contributed by atoms with Crippen molar-refractivity contribution >= 4 is 17.9 Å².